The van der Waals surface area contributed by atoms with Crippen molar-refractivity contribution in [2.45, 2.75) is 19.8 Å². The Labute approximate surface area is 129 Å². The fraction of sp³-hybridized carbons (Fsp3) is 0.235. The molecule has 1 aliphatic heterocycles. The van der Waals surface area contributed by atoms with Crippen LogP contribution in [0.5, 0.6) is 0 Å². The van der Waals surface area contributed by atoms with E-state index in [2.05, 4.69) is 10.6 Å². The molecule has 1 heterocycles. The molecule has 3 nitrogen and oxygen atoms in total. The zero-order valence-corrected chi connectivity index (χ0v) is 12.6. The summed E-state index contributed by atoms with van der Waals surface area (Å²) in [4.78, 5) is 12.6. The fourth-order valence-electron chi connectivity index (χ4n) is 2.64. The van der Waals surface area contributed by atoms with Crippen molar-refractivity contribution in [3.05, 3.63) is 58.1 Å². The number of halogens is 1. The predicted octanol–water partition coefficient (Wildman–Crippen LogP) is 4.26. The molecular weight excluding hydrogens is 284 g/mol. The summed E-state index contributed by atoms with van der Waals surface area (Å²) in [5.41, 5.74) is 4.65. The van der Waals surface area contributed by atoms with Crippen LogP contribution in [0.1, 0.15) is 27.9 Å². The third-order valence-corrected chi connectivity index (χ3v) is 4.02. The summed E-state index contributed by atoms with van der Waals surface area (Å²) in [6, 6.07) is 11.3. The Bertz CT molecular complexity index is 697. The molecule has 0 spiro atoms. The summed E-state index contributed by atoms with van der Waals surface area (Å²) in [7, 11) is 0. The minimum atomic E-state index is -0.0825. The molecule has 0 saturated heterocycles. The Balaban J connectivity index is 1.91. The van der Waals surface area contributed by atoms with Crippen LogP contribution in [-0.2, 0) is 6.42 Å². The maximum absolute atomic E-state index is 12.6. The largest absolute Gasteiger partial charge is 0.385 e. The Morgan fingerprint density at radius 1 is 1.29 bits per heavy atom. The number of nitrogens with one attached hydrogen (secondary N) is 2. The van der Waals surface area contributed by atoms with Crippen LogP contribution in [0.15, 0.2) is 36.4 Å². The van der Waals surface area contributed by atoms with Gasteiger partial charge in [0.05, 0.1) is 0 Å². The normalized spacial score (nSPS) is 13.2. The van der Waals surface area contributed by atoms with Crippen LogP contribution in [-0.4, -0.2) is 12.5 Å². The second-order valence-corrected chi connectivity index (χ2v) is 5.71. The van der Waals surface area contributed by atoms with E-state index in [0.717, 1.165) is 47.5 Å². The van der Waals surface area contributed by atoms with Crippen LogP contribution in [0.25, 0.3) is 0 Å². The second kappa shape index (κ2) is 5.78. The number of anilines is 2. The van der Waals surface area contributed by atoms with Gasteiger partial charge in [0.15, 0.2) is 0 Å². The summed E-state index contributed by atoms with van der Waals surface area (Å²) in [5, 5.41) is 6.93. The highest BCUT2D eigenvalue weighted by Gasteiger charge is 2.17. The van der Waals surface area contributed by atoms with Crippen molar-refractivity contribution in [3.8, 4) is 0 Å². The molecule has 21 heavy (non-hydrogen) atoms. The van der Waals surface area contributed by atoms with Crippen LogP contribution < -0.4 is 10.6 Å². The Hall–Kier alpha value is -2.00. The smallest absolute Gasteiger partial charge is 0.256 e. The van der Waals surface area contributed by atoms with Gasteiger partial charge in [-0.2, -0.15) is 0 Å². The third kappa shape index (κ3) is 2.88. The van der Waals surface area contributed by atoms with Crippen molar-refractivity contribution < 1.29 is 4.79 Å². The Morgan fingerprint density at radius 2 is 2.14 bits per heavy atom. The molecule has 2 aromatic rings. The minimum Gasteiger partial charge on any atom is -0.385 e. The lowest BCUT2D eigenvalue weighted by Crippen LogP contribution is -2.19. The first kappa shape index (κ1) is 14.0. The molecule has 2 aromatic carbocycles. The summed E-state index contributed by atoms with van der Waals surface area (Å²) < 4.78 is 0. The SMILES string of the molecule is Cc1ccc(Cl)cc1NC(=O)c1cccc2c1CCCN2. The first-order chi connectivity index (χ1) is 10.1. The van der Waals surface area contributed by atoms with Crippen molar-refractivity contribution in [2.24, 2.45) is 0 Å². The van der Waals surface area contributed by atoms with E-state index in [9.17, 15) is 4.79 Å². The highest BCUT2D eigenvalue weighted by Crippen LogP contribution is 2.27. The van der Waals surface area contributed by atoms with Gasteiger partial charge in [-0.05, 0) is 55.2 Å². The van der Waals surface area contributed by atoms with Crippen LogP contribution >= 0.6 is 11.6 Å². The van der Waals surface area contributed by atoms with E-state index in [0.29, 0.717) is 5.02 Å². The molecule has 0 fully saturated rings. The van der Waals surface area contributed by atoms with E-state index in [1.54, 1.807) is 6.07 Å². The number of carbonyl (C=O) groups excluding carboxylic acids is 1. The average molecular weight is 301 g/mol. The van der Waals surface area contributed by atoms with Gasteiger partial charge in [-0.15, -0.1) is 0 Å². The third-order valence-electron chi connectivity index (χ3n) is 3.79. The standard InChI is InChI=1S/C17H17ClN2O/c1-11-7-8-12(18)10-16(11)20-17(21)14-4-2-6-15-13(14)5-3-9-19-15/h2,4,6-8,10,19H,3,5,9H2,1H3,(H,20,21). The molecule has 0 atom stereocenters. The van der Waals surface area contributed by atoms with Gasteiger partial charge in [0.1, 0.15) is 0 Å². The molecule has 1 amide bonds. The molecule has 0 unspecified atom stereocenters. The molecule has 1 aliphatic rings. The Morgan fingerprint density at radius 3 is 3.00 bits per heavy atom. The van der Waals surface area contributed by atoms with E-state index in [1.807, 2.05) is 37.3 Å². The van der Waals surface area contributed by atoms with Gasteiger partial charge < -0.3 is 10.6 Å². The molecule has 0 aromatic heterocycles. The van der Waals surface area contributed by atoms with E-state index in [-0.39, 0.29) is 5.91 Å². The van der Waals surface area contributed by atoms with Gasteiger partial charge in [-0.1, -0.05) is 23.7 Å². The van der Waals surface area contributed by atoms with Crippen molar-refractivity contribution in [2.75, 3.05) is 17.2 Å². The Kier molecular flexibility index (Phi) is 3.84. The molecule has 3 rings (SSSR count). The van der Waals surface area contributed by atoms with E-state index in [4.69, 9.17) is 11.6 Å². The minimum absolute atomic E-state index is 0.0825. The zero-order chi connectivity index (χ0) is 14.8. The van der Waals surface area contributed by atoms with E-state index >= 15 is 0 Å². The molecule has 0 aliphatic carbocycles. The highest BCUT2D eigenvalue weighted by atomic mass is 35.5. The lowest BCUT2D eigenvalue weighted by molar-refractivity contribution is 0.102. The maximum Gasteiger partial charge on any atom is 0.256 e. The summed E-state index contributed by atoms with van der Waals surface area (Å²) in [6.45, 7) is 2.92. The number of amides is 1. The number of fused-ring (bicyclic) bond motifs is 1. The molecule has 0 saturated carbocycles. The van der Waals surface area contributed by atoms with Crippen LogP contribution in [0.2, 0.25) is 5.02 Å². The lowest BCUT2D eigenvalue weighted by Gasteiger charge is -2.20. The monoisotopic (exact) mass is 300 g/mol. The van der Waals surface area contributed by atoms with Crippen LogP contribution in [0, 0.1) is 6.92 Å². The quantitative estimate of drug-likeness (QED) is 0.870. The first-order valence-corrected chi connectivity index (χ1v) is 7.46. The molecule has 108 valence electrons. The van der Waals surface area contributed by atoms with Gasteiger partial charge in [-0.3, -0.25) is 4.79 Å². The topological polar surface area (TPSA) is 41.1 Å². The molecule has 2 N–H and O–H groups in total. The van der Waals surface area contributed by atoms with Gasteiger partial charge in [0, 0.05) is 28.5 Å². The predicted molar refractivity (Wildman–Crippen MR) is 87.4 cm³/mol. The van der Waals surface area contributed by atoms with Crippen molar-refractivity contribution in [1.29, 1.82) is 0 Å². The first-order valence-electron chi connectivity index (χ1n) is 7.08. The summed E-state index contributed by atoms with van der Waals surface area (Å²) >= 11 is 6.00. The average Bonchev–Trinajstić information content (AvgIpc) is 2.50. The van der Waals surface area contributed by atoms with Gasteiger partial charge in [0.25, 0.3) is 5.91 Å². The van der Waals surface area contributed by atoms with E-state index < -0.39 is 0 Å². The number of benzene rings is 2. The summed E-state index contributed by atoms with van der Waals surface area (Å²) in [6.07, 6.45) is 1.98. The molecule has 0 bridgehead atoms. The van der Waals surface area contributed by atoms with Crippen LogP contribution in [0.4, 0.5) is 11.4 Å². The molecule has 0 radical (unpaired) electrons. The zero-order valence-electron chi connectivity index (χ0n) is 11.9. The number of hydrogen-bond donors (Lipinski definition) is 2. The second-order valence-electron chi connectivity index (χ2n) is 5.28. The van der Waals surface area contributed by atoms with E-state index in [1.165, 1.54) is 0 Å². The lowest BCUT2D eigenvalue weighted by atomic mass is 9.97. The number of hydrogen-bond acceptors (Lipinski definition) is 2. The summed E-state index contributed by atoms with van der Waals surface area (Å²) in [5.74, 6) is -0.0825. The molecule has 4 heteroatoms. The van der Waals surface area contributed by atoms with Crippen LogP contribution in [0.3, 0.4) is 0 Å². The van der Waals surface area contributed by atoms with Gasteiger partial charge in [0.2, 0.25) is 0 Å². The number of aryl methyl sites for hydroxylation is 1. The fourth-order valence-corrected chi connectivity index (χ4v) is 2.81. The highest BCUT2D eigenvalue weighted by molar-refractivity contribution is 6.31. The van der Waals surface area contributed by atoms with Gasteiger partial charge >= 0.3 is 0 Å². The molecular formula is C17H17ClN2O. The van der Waals surface area contributed by atoms with Crippen molar-refractivity contribution >= 4 is 28.9 Å². The van der Waals surface area contributed by atoms with Crippen molar-refractivity contribution in [1.82, 2.24) is 0 Å². The number of rotatable bonds is 2. The maximum atomic E-state index is 12.6. The van der Waals surface area contributed by atoms with Gasteiger partial charge in [-0.25, -0.2) is 0 Å². The van der Waals surface area contributed by atoms with Crippen molar-refractivity contribution in [3.63, 3.8) is 0 Å². The number of carbonyl (C=O) groups is 1.